The molecule has 0 aromatic carbocycles. The molecule has 0 saturated carbocycles. The Kier molecular flexibility index (Phi) is 56.3. The van der Waals surface area contributed by atoms with Crippen LogP contribution in [0.15, 0.2) is 0 Å². The van der Waals surface area contributed by atoms with E-state index in [1.54, 1.807) is 6.26 Å². The Hall–Kier alpha value is -5.01. The van der Waals surface area contributed by atoms with Crippen molar-refractivity contribution in [3.63, 3.8) is 0 Å². The maximum absolute atomic E-state index is 12.5. The summed E-state index contributed by atoms with van der Waals surface area (Å²) in [6.07, 6.45) is 14.7. The van der Waals surface area contributed by atoms with Crippen LogP contribution in [0.2, 0.25) is 0 Å². The van der Waals surface area contributed by atoms with Crippen LogP contribution in [0.1, 0.15) is 155 Å². The fourth-order valence-corrected chi connectivity index (χ4v) is 7.74. The molecule has 0 aliphatic carbocycles. The number of thiol groups is 1. The minimum atomic E-state index is -1.41. The van der Waals surface area contributed by atoms with E-state index >= 15 is 0 Å². The predicted octanol–water partition coefficient (Wildman–Crippen LogP) is 2.77. The number of nitrogens with one attached hydrogen (secondary N) is 6. The quantitative estimate of drug-likeness (QED) is 0.0181. The average molecular weight is 1200 g/mol. The van der Waals surface area contributed by atoms with Gasteiger partial charge >= 0.3 is 23.9 Å². The molecule has 0 bridgehead atoms. The lowest BCUT2D eigenvalue weighted by Crippen LogP contribution is -2.44. The van der Waals surface area contributed by atoms with Crippen molar-refractivity contribution in [3.8, 4) is 0 Å². The Balaban J connectivity index is -0.00000499. The summed E-state index contributed by atoms with van der Waals surface area (Å²) in [6, 6.07) is -5.92. The highest BCUT2D eigenvalue weighted by atomic mass is 32.2. The van der Waals surface area contributed by atoms with E-state index in [2.05, 4.69) is 49.1 Å². The molecule has 2 radical (unpaired) electrons. The maximum Gasteiger partial charge on any atom is 0.348 e. The van der Waals surface area contributed by atoms with Gasteiger partial charge < -0.3 is 66.3 Å². The van der Waals surface area contributed by atoms with Crippen molar-refractivity contribution in [1.29, 1.82) is 0 Å². The fourth-order valence-electron chi connectivity index (χ4n) is 6.88. The van der Waals surface area contributed by atoms with Crippen molar-refractivity contribution < 1.29 is 95.8 Å². The van der Waals surface area contributed by atoms with Gasteiger partial charge in [-0.2, -0.15) is 16.2 Å². The number of carbonyl (C=O) groups excluding carboxylic acids is 9. The summed E-state index contributed by atoms with van der Waals surface area (Å²) >= 11 is 4.96. The second-order valence-corrected chi connectivity index (χ2v) is 19.1. The number of carboxylic acids is 2. The fraction of sp³-hybridized carbons (Fsp3) is 0.784. The zero-order chi connectivity index (χ0) is 61.5. The van der Waals surface area contributed by atoms with Crippen LogP contribution in [0.25, 0.3) is 0 Å². The molecule has 0 saturated heterocycles. The van der Waals surface area contributed by atoms with Crippen LogP contribution >= 0.6 is 24.6 Å². The number of thioether (sulfide) groups is 1. The monoisotopic (exact) mass is 1200 g/mol. The Bertz CT molecular complexity index is 1790. The first-order valence-electron chi connectivity index (χ1n) is 27.4. The van der Waals surface area contributed by atoms with Gasteiger partial charge in [-0.25, -0.2) is 14.4 Å². The molecule has 4 atom stereocenters. The van der Waals surface area contributed by atoms with E-state index in [-0.39, 0.29) is 117 Å². The summed E-state index contributed by atoms with van der Waals surface area (Å²) < 4.78 is 46.7. The number of hydrogen-bond donors (Lipinski definition) is 10. The molecule has 30 heteroatoms. The summed E-state index contributed by atoms with van der Waals surface area (Å²) in [7, 11) is 5.20. The number of nitrogens with two attached hydrogens (primary N) is 1. The Morgan fingerprint density at radius 2 is 0.901 bits per heavy atom. The summed E-state index contributed by atoms with van der Waals surface area (Å²) in [5.74, 6) is -6.44. The molecular weight excluding hydrogens is 1110 g/mol. The van der Waals surface area contributed by atoms with Gasteiger partial charge in [0, 0.05) is 55.5 Å². The van der Waals surface area contributed by atoms with E-state index < -0.39 is 89.2 Å². The lowest BCUT2D eigenvalue weighted by atomic mass is 9.92. The maximum atomic E-state index is 12.5. The third-order valence-corrected chi connectivity index (χ3v) is 12.2. The standard InChI is InChI=1S/C45H76BFN6O17.C4H8FNOS2.C2H6/c46-43(61)33(17-20-36(48)54)51-41(59)32-69-30-28-67-26-24-50-40(58)31-68-29-27-66-25-23-49-37(55)21-18-34(44(62)63)53-39(57)22-19-35(45(64)65)52-38(56)15-13-11-9-7-5-3-1-2-4-6-8-10-12-14-16-42(60)70-47;1-9-2-3(6-8)4(5)7;1-2/h33-35H,1-32H2,(H2,48,54)(H,49,55)(H,50,58)(H,51,59)(H,52,56)(H,53,57)(H,62,63)(H,64,65);3,6,8H,2H2,1H3;1-2H3/t33?,34-,35?;;/m0../s1. The lowest BCUT2D eigenvalue weighted by molar-refractivity contribution is -0.183. The van der Waals surface area contributed by atoms with Gasteiger partial charge in [0.05, 0.1) is 51.4 Å². The molecule has 0 aromatic rings. The molecule has 25 nitrogen and oxygen atoms in total. The molecule has 466 valence electrons. The van der Waals surface area contributed by atoms with Gasteiger partial charge in [0.15, 0.2) is 7.85 Å². The second kappa shape index (κ2) is 56.8. The molecule has 0 aliphatic rings. The minimum Gasteiger partial charge on any atom is -0.480 e. The number of amides is 6. The molecule has 6 amide bonds. The summed E-state index contributed by atoms with van der Waals surface area (Å²) in [4.78, 5) is 131. The van der Waals surface area contributed by atoms with Crippen molar-refractivity contribution in [2.45, 2.75) is 179 Å². The van der Waals surface area contributed by atoms with Gasteiger partial charge in [-0.3, -0.25) is 43.2 Å². The SMILES string of the molecule is CC.CSCC(NS)C(=O)F.[B]C(=O)C(CCC(N)=O)NC(=O)COCCOCCNC(=O)COCCOCCNC(=O)CC[C@H](NC(=O)CCC(NC(=O)CCCCCCCCCCCCCCCCC(=O)OF)C(=O)O)C(=O)O. The van der Waals surface area contributed by atoms with Crippen LogP contribution in [0, 0.1) is 0 Å². The highest BCUT2D eigenvalue weighted by Crippen LogP contribution is 2.14. The van der Waals surface area contributed by atoms with Gasteiger partial charge in [0.25, 0.3) is 0 Å². The van der Waals surface area contributed by atoms with Crippen LogP contribution in [0.5, 0.6) is 0 Å². The summed E-state index contributed by atoms with van der Waals surface area (Å²) in [5, 5.41) is 31.4. The minimum absolute atomic E-state index is 0.0252. The van der Waals surface area contributed by atoms with E-state index in [0.717, 1.165) is 77.0 Å². The van der Waals surface area contributed by atoms with Gasteiger partial charge in [-0.05, 0) is 38.4 Å². The molecule has 0 spiro atoms. The molecule has 10 N–H and O–H groups in total. The smallest absolute Gasteiger partial charge is 0.348 e. The molecular formula is C51H90BF2N7O18S2. The number of carbonyl (C=O) groups is 11. The van der Waals surface area contributed by atoms with Gasteiger partial charge in [-0.15, -0.1) is 0 Å². The second-order valence-electron chi connectivity index (χ2n) is 17.9. The topological polar surface area (TPSA) is 373 Å². The number of halogens is 2. The number of rotatable bonds is 52. The van der Waals surface area contributed by atoms with Crippen molar-refractivity contribution >= 4 is 97.5 Å². The van der Waals surface area contributed by atoms with Crippen LogP contribution < -0.4 is 37.0 Å². The van der Waals surface area contributed by atoms with Crippen molar-refractivity contribution in [1.82, 2.24) is 31.3 Å². The molecule has 0 aliphatic heterocycles. The first kappa shape index (κ1) is 80.2. The Morgan fingerprint density at radius 3 is 1.30 bits per heavy atom. The molecule has 3 unspecified atom stereocenters. The lowest BCUT2D eigenvalue weighted by Gasteiger charge is -2.17. The van der Waals surface area contributed by atoms with Crippen molar-refractivity contribution in [2.75, 3.05) is 78.0 Å². The van der Waals surface area contributed by atoms with E-state index in [4.69, 9.17) is 32.5 Å². The van der Waals surface area contributed by atoms with Crippen LogP contribution in [-0.4, -0.2) is 185 Å². The van der Waals surface area contributed by atoms with Crippen LogP contribution in [-0.2, 0) is 76.6 Å². The van der Waals surface area contributed by atoms with Gasteiger partial charge in [-0.1, -0.05) is 104 Å². The molecule has 0 aromatic heterocycles. The summed E-state index contributed by atoms with van der Waals surface area (Å²) in [6.45, 7) is 4.28. The van der Waals surface area contributed by atoms with E-state index in [0.29, 0.717) is 18.6 Å². The van der Waals surface area contributed by atoms with E-state index in [9.17, 15) is 71.9 Å². The number of hydrogen-bond acceptors (Lipinski definition) is 19. The third-order valence-electron chi connectivity index (χ3n) is 11.2. The number of aliphatic carboxylic acids is 2. The molecule has 0 heterocycles. The third kappa shape index (κ3) is 54.0. The molecule has 0 rings (SSSR count). The highest BCUT2D eigenvalue weighted by Gasteiger charge is 2.25. The van der Waals surface area contributed by atoms with Crippen LogP contribution in [0.3, 0.4) is 0 Å². The number of primary amides is 1. The van der Waals surface area contributed by atoms with Crippen molar-refractivity contribution in [3.05, 3.63) is 0 Å². The average Bonchev–Trinajstić information content (AvgIpc) is 3.42. The van der Waals surface area contributed by atoms with Crippen molar-refractivity contribution in [2.24, 2.45) is 5.73 Å². The Labute approximate surface area is 485 Å². The van der Waals surface area contributed by atoms with E-state index in [1.807, 2.05) is 13.8 Å². The zero-order valence-electron chi connectivity index (χ0n) is 47.3. The van der Waals surface area contributed by atoms with E-state index in [1.165, 1.54) is 11.8 Å². The number of unbranched alkanes of at least 4 members (excludes halogenated alkanes) is 13. The largest absolute Gasteiger partial charge is 0.480 e. The molecule has 0 fully saturated rings. The number of ether oxygens (including phenoxy) is 4. The normalized spacial score (nSPS) is 12.1. The zero-order valence-corrected chi connectivity index (χ0v) is 49.0. The highest BCUT2D eigenvalue weighted by molar-refractivity contribution is 7.98. The first-order chi connectivity index (χ1) is 38.8. The summed E-state index contributed by atoms with van der Waals surface area (Å²) in [5.41, 5.74) is 4.23. The molecule has 81 heavy (non-hydrogen) atoms. The van der Waals surface area contributed by atoms with Crippen LogP contribution in [0.4, 0.5) is 8.92 Å². The Morgan fingerprint density at radius 1 is 0.519 bits per heavy atom. The predicted molar refractivity (Wildman–Crippen MR) is 301 cm³/mol. The first-order valence-corrected chi connectivity index (χ1v) is 29.3. The van der Waals surface area contributed by atoms with Gasteiger partial charge in [0.1, 0.15) is 31.3 Å². The van der Waals surface area contributed by atoms with Gasteiger partial charge in [0.2, 0.25) is 35.4 Å². The number of carboxylic acid groups (broad SMARTS) is 2.